The number of hydrogen-bond acceptors (Lipinski definition) is 8. The molecule has 0 aliphatic carbocycles. The molecule has 194 valence electrons. The third-order valence-corrected chi connectivity index (χ3v) is 7.64. The number of fused-ring (bicyclic) bond motifs is 1. The zero-order chi connectivity index (χ0) is 26.5. The van der Waals surface area contributed by atoms with Crippen LogP contribution < -0.4 is 19.5 Å². The summed E-state index contributed by atoms with van der Waals surface area (Å²) in [6.07, 6.45) is 0.320. The molecule has 3 aromatic carbocycles. The smallest absolute Gasteiger partial charge is 0.226 e. The van der Waals surface area contributed by atoms with Gasteiger partial charge in [-0.1, -0.05) is 23.1 Å². The minimum absolute atomic E-state index is 0.0965. The Morgan fingerprint density at radius 2 is 1.50 bits per heavy atom. The Morgan fingerprint density at radius 3 is 2.16 bits per heavy atom. The summed E-state index contributed by atoms with van der Waals surface area (Å²) < 4.78 is 16.8. The second kappa shape index (κ2) is 11.6. The first-order chi connectivity index (χ1) is 18.6. The number of aromatic nitrogens is 3. The summed E-state index contributed by atoms with van der Waals surface area (Å²) in [5, 5.41) is 4.22. The lowest BCUT2D eigenvalue weighted by Crippen LogP contribution is -2.11. The molecule has 0 saturated heterocycles. The number of thioether (sulfide) groups is 1. The molecule has 38 heavy (non-hydrogen) atoms. The largest absolute Gasteiger partial charge is 0.497 e. The van der Waals surface area contributed by atoms with E-state index in [1.54, 1.807) is 21.3 Å². The second-order valence-electron chi connectivity index (χ2n) is 8.22. The maximum absolute atomic E-state index is 12.6. The number of carbonyl (C=O) groups is 1. The Hall–Kier alpha value is -4.02. The number of nitrogens with one attached hydrogen (secondary N) is 2. The molecule has 0 unspecified atom stereocenters. The van der Waals surface area contributed by atoms with E-state index in [-0.39, 0.29) is 5.91 Å². The van der Waals surface area contributed by atoms with E-state index in [4.69, 9.17) is 19.2 Å². The minimum Gasteiger partial charge on any atom is -0.497 e. The van der Waals surface area contributed by atoms with Crippen LogP contribution in [0.1, 0.15) is 6.42 Å². The lowest BCUT2D eigenvalue weighted by Gasteiger charge is -2.06. The van der Waals surface area contributed by atoms with E-state index in [1.165, 1.54) is 23.1 Å². The second-order valence-corrected chi connectivity index (χ2v) is 10.3. The van der Waals surface area contributed by atoms with Crippen LogP contribution >= 0.6 is 23.1 Å². The lowest BCUT2D eigenvalue weighted by atomic mass is 10.0. The van der Waals surface area contributed by atoms with Crippen LogP contribution in [0.25, 0.3) is 32.7 Å². The van der Waals surface area contributed by atoms with Gasteiger partial charge in [0.2, 0.25) is 5.91 Å². The number of imidazole rings is 1. The fraction of sp³-hybridized carbons (Fsp3) is 0.179. The number of methoxy groups -OCH3 is 3. The van der Waals surface area contributed by atoms with Crippen LogP contribution in [0.15, 0.2) is 71.9 Å². The van der Waals surface area contributed by atoms with E-state index in [0.717, 1.165) is 55.1 Å². The number of carbonyl (C=O) groups excluding carboxylic acids is 1. The van der Waals surface area contributed by atoms with Crippen molar-refractivity contribution in [2.24, 2.45) is 0 Å². The van der Waals surface area contributed by atoms with Crippen molar-refractivity contribution in [1.82, 2.24) is 15.0 Å². The van der Waals surface area contributed by atoms with Crippen LogP contribution in [0.2, 0.25) is 0 Å². The van der Waals surface area contributed by atoms with Crippen LogP contribution in [0, 0.1) is 0 Å². The topological polar surface area (TPSA) is 98.4 Å². The SMILES string of the molecule is COc1ccc(-c2nc(SCCC(=O)Nc3nc4ccc(OC)cc4s3)[nH]c2-c2ccc(OC)cc2)cc1. The maximum Gasteiger partial charge on any atom is 0.226 e. The molecule has 8 nitrogen and oxygen atoms in total. The van der Waals surface area contributed by atoms with Gasteiger partial charge in [-0.25, -0.2) is 9.97 Å². The Balaban J connectivity index is 1.28. The van der Waals surface area contributed by atoms with Crippen molar-refractivity contribution in [3.8, 4) is 39.8 Å². The number of ether oxygens (including phenoxy) is 3. The number of nitrogens with zero attached hydrogens (tertiary/aromatic N) is 2. The highest BCUT2D eigenvalue weighted by molar-refractivity contribution is 7.99. The molecule has 5 aromatic rings. The maximum atomic E-state index is 12.6. The van der Waals surface area contributed by atoms with Gasteiger partial charge in [0.05, 0.1) is 42.9 Å². The van der Waals surface area contributed by atoms with Gasteiger partial charge in [-0.15, -0.1) is 0 Å². The molecule has 2 N–H and O–H groups in total. The molecule has 0 aliphatic heterocycles. The third-order valence-electron chi connectivity index (χ3n) is 5.83. The third kappa shape index (κ3) is 5.76. The number of rotatable bonds is 10. The molecule has 0 bridgehead atoms. The summed E-state index contributed by atoms with van der Waals surface area (Å²) in [4.78, 5) is 25.4. The molecule has 1 amide bonds. The number of H-pyrrole nitrogens is 1. The quantitative estimate of drug-likeness (QED) is 0.193. The van der Waals surface area contributed by atoms with Crippen LogP contribution in [0.3, 0.4) is 0 Å². The van der Waals surface area contributed by atoms with Crippen molar-refractivity contribution in [3.63, 3.8) is 0 Å². The highest BCUT2D eigenvalue weighted by Crippen LogP contribution is 2.34. The monoisotopic (exact) mass is 546 g/mol. The average Bonchev–Trinajstić information content (AvgIpc) is 3.56. The standard InChI is InChI=1S/C28H26N4O4S2/c1-34-19-8-4-17(5-9-19)25-26(18-6-10-20(35-2)11-7-18)32-27(31-25)37-15-14-24(33)30-28-29-22-13-12-21(36-3)16-23(22)38-28/h4-13,16H,14-15H2,1-3H3,(H,31,32)(H,29,30,33). The van der Waals surface area contributed by atoms with Gasteiger partial charge in [-0.05, 0) is 66.7 Å². The van der Waals surface area contributed by atoms with E-state index in [9.17, 15) is 4.79 Å². The van der Waals surface area contributed by atoms with Gasteiger partial charge in [0.25, 0.3) is 0 Å². The average molecular weight is 547 g/mol. The van der Waals surface area contributed by atoms with Crippen molar-refractivity contribution >= 4 is 44.4 Å². The molecular weight excluding hydrogens is 520 g/mol. The summed E-state index contributed by atoms with van der Waals surface area (Å²) in [5.41, 5.74) is 4.50. The van der Waals surface area contributed by atoms with Crippen molar-refractivity contribution in [1.29, 1.82) is 0 Å². The molecule has 0 spiro atoms. The predicted octanol–water partition coefficient (Wildman–Crippen LogP) is 6.50. The van der Waals surface area contributed by atoms with E-state index in [2.05, 4.69) is 15.3 Å². The molecular formula is C28H26N4O4S2. The van der Waals surface area contributed by atoms with Gasteiger partial charge >= 0.3 is 0 Å². The van der Waals surface area contributed by atoms with E-state index in [1.807, 2.05) is 66.7 Å². The Bertz CT molecular complexity index is 1480. The number of hydrogen-bond donors (Lipinski definition) is 2. The highest BCUT2D eigenvalue weighted by Gasteiger charge is 2.16. The van der Waals surface area contributed by atoms with Crippen LogP contribution in [-0.2, 0) is 4.79 Å². The van der Waals surface area contributed by atoms with Gasteiger partial charge in [0.1, 0.15) is 17.2 Å². The van der Waals surface area contributed by atoms with Crippen molar-refractivity contribution < 1.29 is 19.0 Å². The first-order valence-electron chi connectivity index (χ1n) is 11.8. The Labute approximate surface area is 228 Å². The lowest BCUT2D eigenvalue weighted by molar-refractivity contribution is -0.115. The summed E-state index contributed by atoms with van der Waals surface area (Å²) >= 11 is 2.92. The fourth-order valence-corrected chi connectivity index (χ4v) is 5.57. The van der Waals surface area contributed by atoms with Gasteiger partial charge in [-0.3, -0.25) is 4.79 Å². The molecule has 0 saturated carbocycles. The number of aromatic amines is 1. The molecule has 0 aliphatic rings. The molecule has 5 rings (SSSR count). The first-order valence-corrected chi connectivity index (χ1v) is 13.6. The van der Waals surface area contributed by atoms with Crippen molar-refractivity contribution in [3.05, 3.63) is 66.7 Å². The Morgan fingerprint density at radius 1 is 0.868 bits per heavy atom. The summed E-state index contributed by atoms with van der Waals surface area (Å²) in [6.45, 7) is 0. The molecule has 10 heteroatoms. The number of anilines is 1. The van der Waals surface area contributed by atoms with Gasteiger partial charge in [0.15, 0.2) is 10.3 Å². The first kappa shape index (κ1) is 25.6. The van der Waals surface area contributed by atoms with Crippen molar-refractivity contribution in [2.75, 3.05) is 32.4 Å². The zero-order valence-electron chi connectivity index (χ0n) is 21.1. The molecule has 0 fully saturated rings. The van der Waals surface area contributed by atoms with E-state index < -0.39 is 0 Å². The van der Waals surface area contributed by atoms with Gasteiger partial charge in [-0.2, -0.15) is 0 Å². The van der Waals surface area contributed by atoms with Crippen molar-refractivity contribution in [2.45, 2.75) is 11.6 Å². The summed E-state index contributed by atoms with van der Waals surface area (Å²) in [5.74, 6) is 2.79. The zero-order valence-corrected chi connectivity index (χ0v) is 22.7. The number of amides is 1. The van der Waals surface area contributed by atoms with Gasteiger partial charge < -0.3 is 24.5 Å². The normalized spacial score (nSPS) is 10.9. The van der Waals surface area contributed by atoms with E-state index in [0.29, 0.717) is 17.3 Å². The fourth-order valence-electron chi connectivity index (χ4n) is 3.85. The number of benzene rings is 3. The molecule has 0 radical (unpaired) electrons. The Kier molecular flexibility index (Phi) is 7.81. The summed E-state index contributed by atoms with van der Waals surface area (Å²) in [6, 6.07) is 21.3. The highest BCUT2D eigenvalue weighted by atomic mass is 32.2. The van der Waals surface area contributed by atoms with E-state index >= 15 is 0 Å². The predicted molar refractivity (Wildman–Crippen MR) is 153 cm³/mol. The van der Waals surface area contributed by atoms with Gasteiger partial charge in [0, 0.05) is 23.3 Å². The molecule has 2 heterocycles. The molecule has 0 atom stereocenters. The summed E-state index contributed by atoms with van der Waals surface area (Å²) in [7, 11) is 4.92. The number of thiazole rings is 1. The molecule has 2 aromatic heterocycles. The van der Waals surface area contributed by atoms with Crippen LogP contribution in [-0.4, -0.2) is 47.9 Å². The minimum atomic E-state index is -0.0965. The van der Waals surface area contributed by atoms with Crippen LogP contribution in [0.5, 0.6) is 17.2 Å². The van der Waals surface area contributed by atoms with Crippen LogP contribution in [0.4, 0.5) is 5.13 Å².